The summed E-state index contributed by atoms with van der Waals surface area (Å²) in [5, 5.41) is 14.2. The fourth-order valence-corrected chi connectivity index (χ4v) is 4.34. The molecule has 198 valence electrons. The Kier molecular flexibility index (Phi) is 9.90. The van der Waals surface area contributed by atoms with Crippen molar-refractivity contribution >= 4 is 11.9 Å². The summed E-state index contributed by atoms with van der Waals surface area (Å²) < 4.78 is 63.5. The van der Waals surface area contributed by atoms with Crippen LogP contribution in [0.15, 0.2) is 24.5 Å². The van der Waals surface area contributed by atoms with Gasteiger partial charge in [0.25, 0.3) is 0 Å². The van der Waals surface area contributed by atoms with Gasteiger partial charge in [0, 0.05) is 31.0 Å². The highest BCUT2D eigenvalue weighted by Gasteiger charge is 2.43. The van der Waals surface area contributed by atoms with Crippen LogP contribution in [0.25, 0.3) is 0 Å². The fraction of sp³-hybridized carbons (Fsp3) is 0.682. The third kappa shape index (κ3) is 9.63. The molecule has 0 atom stereocenters. The van der Waals surface area contributed by atoms with Crippen LogP contribution < -0.4 is 0 Å². The quantitative estimate of drug-likeness (QED) is 0.584. The molecule has 1 spiro atoms. The molecule has 13 heteroatoms. The molecule has 1 saturated carbocycles. The maximum Gasteiger partial charge on any atom is 0.490 e. The molecule has 35 heavy (non-hydrogen) atoms. The Morgan fingerprint density at radius 2 is 1.51 bits per heavy atom. The van der Waals surface area contributed by atoms with Crippen LogP contribution in [-0.4, -0.2) is 81.0 Å². The molecule has 0 aromatic carbocycles. The van der Waals surface area contributed by atoms with Crippen molar-refractivity contribution in [3.05, 3.63) is 30.1 Å². The molecule has 2 aliphatic heterocycles. The van der Waals surface area contributed by atoms with Gasteiger partial charge in [-0.05, 0) is 75.7 Å². The van der Waals surface area contributed by atoms with E-state index in [0.29, 0.717) is 5.54 Å². The SMILES string of the molecule is O=C(O)C(F)(F)F.O=C(O)C(F)(F)F.c1cncc(CN2CCCC23CCN(CC2CC2)CC3)c1. The van der Waals surface area contributed by atoms with Crippen LogP contribution in [0.3, 0.4) is 0 Å². The Morgan fingerprint density at radius 1 is 0.971 bits per heavy atom. The summed E-state index contributed by atoms with van der Waals surface area (Å²) >= 11 is 0. The summed E-state index contributed by atoms with van der Waals surface area (Å²) in [7, 11) is 0. The first kappa shape index (κ1) is 28.8. The molecular formula is C22H29F6N3O4. The highest BCUT2D eigenvalue weighted by atomic mass is 19.4. The van der Waals surface area contributed by atoms with Crippen molar-refractivity contribution < 1.29 is 46.1 Å². The van der Waals surface area contributed by atoms with Gasteiger partial charge in [-0.3, -0.25) is 9.88 Å². The van der Waals surface area contributed by atoms with Crippen LogP contribution in [-0.2, 0) is 16.1 Å². The van der Waals surface area contributed by atoms with Crippen molar-refractivity contribution in [2.45, 2.75) is 63.0 Å². The Balaban J connectivity index is 0.000000257. The number of alkyl halides is 6. The number of carboxylic acids is 2. The number of nitrogens with zero attached hydrogens (tertiary/aromatic N) is 3. The lowest BCUT2D eigenvalue weighted by atomic mass is 9.84. The molecule has 1 aliphatic carbocycles. The smallest absolute Gasteiger partial charge is 0.475 e. The molecule has 1 aromatic heterocycles. The van der Waals surface area contributed by atoms with Crippen molar-refractivity contribution in [1.29, 1.82) is 0 Å². The Labute approximate surface area is 198 Å². The van der Waals surface area contributed by atoms with Crippen LogP contribution in [0, 0.1) is 5.92 Å². The van der Waals surface area contributed by atoms with Gasteiger partial charge < -0.3 is 15.1 Å². The average molecular weight is 513 g/mol. The molecule has 1 aromatic rings. The summed E-state index contributed by atoms with van der Waals surface area (Å²) in [6.45, 7) is 6.38. The number of pyridine rings is 1. The van der Waals surface area contributed by atoms with Crippen LogP contribution in [0.2, 0.25) is 0 Å². The molecule has 3 aliphatic rings. The third-order valence-electron chi connectivity index (χ3n) is 6.32. The maximum atomic E-state index is 10.6. The number of carboxylic acid groups (broad SMARTS) is 2. The van der Waals surface area contributed by atoms with Crippen LogP contribution in [0.1, 0.15) is 44.1 Å². The molecule has 7 nitrogen and oxygen atoms in total. The van der Waals surface area contributed by atoms with Gasteiger partial charge in [-0.15, -0.1) is 0 Å². The summed E-state index contributed by atoms with van der Waals surface area (Å²) in [4.78, 5) is 27.6. The summed E-state index contributed by atoms with van der Waals surface area (Å²) in [6.07, 6.45) is 2.24. The van der Waals surface area contributed by atoms with Gasteiger partial charge >= 0.3 is 24.3 Å². The van der Waals surface area contributed by atoms with Crippen molar-refractivity contribution in [2.24, 2.45) is 5.92 Å². The zero-order chi connectivity index (χ0) is 26.3. The highest BCUT2D eigenvalue weighted by molar-refractivity contribution is 5.73. The van der Waals surface area contributed by atoms with E-state index in [1.165, 1.54) is 70.3 Å². The number of carbonyl (C=O) groups is 2. The molecular weight excluding hydrogens is 484 g/mol. The van der Waals surface area contributed by atoms with Crippen molar-refractivity contribution in [1.82, 2.24) is 14.8 Å². The molecule has 3 heterocycles. The van der Waals surface area contributed by atoms with Crippen molar-refractivity contribution in [3.63, 3.8) is 0 Å². The third-order valence-corrected chi connectivity index (χ3v) is 6.32. The summed E-state index contributed by atoms with van der Waals surface area (Å²) in [5.74, 6) is -4.48. The van der Waals surface area contributed by atoms with E-state index in [0.717, 1.165) is 12.5 Å². The second-order valence-corrected chi connectivity index (χ2v) is 8.96. The number of aliphatic carboxylic acids is 2. The molecule has 2 saturated heterocycles. The second-order valence-electron chi connectivity index (χ2n) is 8.96. The number of rotatable bonds is 4. The minimum atomic E-state index is -5.08. The number of hydrogen-bond acceptors (Lipinski definition) is 5. The van der Waals surface area contributed by atoms with Crippen molar-refractivity contribution in [2.75, 3.05) is 26.2 Å². The number of halogens is 6. The monoisotopic (exact) mass is 513 g/mol. The molecule has 0 radical (unpaired) electrons. The van der Waals surface area contributed by atoms with Gasteiger partial charge in [0.1, 0.15) is 0 Å². The van der Waals surface area contributed by atoms with Crippen LogP contribution in [0.5, 0.6) is 0 Å². The largest absolute Gasteiger partial charge is 0.490 e. The second kappa shape index (κ2) is 12.0. The topological polar surface area (TPSA) is 94.0 Å². The lowest BCUT2D eigenvalue weighted by Crippen LogP contribution is -2.52. The highest BCUT2D eigenvalue weighted by Crippen LogP contribution is 2.40. The predicted molar refractivity (Wildman–Crippen MR) is 112 cm³/mol. The number of likely N-dealkylation sites (tertiary alicyclic amines) is 2. The van der Waals surface area contributed by atoms with Gasteiger partial charge in [-0.25, -0.2) is 9.59 Å². The number of hydrogen-bond donors (Lipinski definition) is 2. The van der Waals surface area contributed by atoms with Crippen LogP contribution >= 0.6 is 0 Å². The van der Waals surface area contributed by atoms with E-state index in [9.17, 15) is 26.3 Å². The molecule has 0 unspecified atom stereocenters. The van der Waals surface area contributed by atoms with Gasteiger partial charge in [0.2, 0.25) is 0 Å². The lowest BCUT2D eigenvalue weighted by molar-refractivity contribution is -0.193. The maximum absolute atomic E-state index is 10.6. The molecule has 2 N–H and O–H groups in total. The minimum absolute atomic E-state index is 0.496. The van der Waals surface area contributed by atoms with Gasteiger partial charge in [-0.1, -0.05) is 6.07 Å². The Hall–Kier alpha value is -2.41. The van der Waals surface area contributed by atoms with Gasteiger partial charge in [0.15, 0.2) is 0 Å². The average Bonchev–Trinajstić information content (AvgIpc) is 3.51. The van der Waals surface area contributed by atoms with E-state index in [-0.39, 0.29) is 0 Å². The fourth-order valence-electron chi connectivity index (χ4n) is 4.34. The van der Waals surface area contributed by atoms with Crippen LogP contribution in [0.4, 0.5) is 26.3 Å². The molecule has 0 bridgehead atoms. The van der Waals surface area contributed by atoms with E-state index in [4.69, 9.17) is 19.8 Å². The van der Waals surface area contributed by atoms with E-state index in [1.807, 2.05) is 12.4 Å². The predicted octanol–water partition coefficient (Wildman–Crippen LogP) is 4.19. The minimum Gasteiger partial charge on any atom is -0.475 e. The van der Waals surface area contributed by atoms with E-state index in [1.54, 1.807) is 0 Å². The lowest BCUT2D eigenvalue weighted by Gasteiger charge is -2.45. The van der Waals surface area contributed by atoms with Gasteiger partial charge in [-0.2, -0.15) is 26.3 Å². The summed E-state index contributed by atoms with van der Waals surface area (Å²) in [5.41, 5.74) is 1.87. The first-order valence-corrected chi connectivity index (χ1v) is 11.2. The first-order chi connectivity index (χ1) is 16.2. The van der Waals surface area contributed by atoms with E-state index >= 15 is 0 Å². The summed E-state index contributed by atoms with van der Waals surface area (Å²) in [6, 6.07) is 4.29. The Bertz CT molecular complexity index is 799. The number of aromatic nitrogens is 1. The van der Waals surface area contributed by atoms with Crippen molar-refractivity contribution in [3.8, 4) is 0 Å². The van der Waals surface area contributed by atoms with E-state index < -0.39 is 24.3 Å². The standard InChI is InChI=1S/C18H27N3.2C2HF3O2/c1-3-17(13-19-9-1)15-21-10-2-6-18(21)7-11-20(12-8-18)14-16-4-5-16;2*3-2(4,5)1(6)7/h1,3,9,13,16H,2,4-8,10-12,14-15H2;2*(H,6,7). The normalized spacial score (nSPS) is 20.4. The zero-order valence-electron chi connectivity index (χ0n) is 19.0. The number of piperidine rings is 1. The van der Waals surface area contributed by atoms with Gasteiger partial charge in [0.05, 0.1) is 0 Å². The molecule has 0 amide bonds. The first-order valence-electron chi connectivity index (χ1n) is 11.2. The zero-order valence-corrected chi connectivity index (χ0v) is 19.0. The Morgan fingerprint density at radius 3 is 1.94 bits per heavy atom. The molecule has 3 fully saturated rings. The van der Waals surface area contributed by atoms with E-state index in [2.05, 4.69) is 26.9 Å². The molecule has 4 rings (SSSR count).